The summed E-state index contributed by atoms with van der Waals surface area (Å²) in [7, 11) is 0. The van der Waals surface area contributed by atoms with Crippen molar-refractivity contribution in [3.63, 3.8) is 0 Å². The van der Waals surface area contributed by atoms with Gasteiger partial charge in [0.25, 0.3) is 5.91 Å². The number of amides is 1. The molecule has 0 fully saturated rings. The normalized spacial score (nSPS) is 10.0. The van der Waals surface area contributed by atoms with Crippen molar-refractivity contribution in [2.75, 3.05) is 17.2 Å². The second-order valence-electron chi connectivity index (χ2n) is 3.92. The Kier molecular flexibility index (Phi) is 4.36. The smallest absolute Gasteiger partial charge is 0.257 e. The van der Waals surface area contributed by atoms with E-state index in [1.54, 1.807) is 42.7 Å². The number of nitrogens with one attached hydrogen (secondary N) is 2. The molecule has 98 valence electrons. The Bertz CT molecular complexity index is 572. The second-order valence-corrected chi connectivity index (χ2v) is 4.35. The van der Waals surface area contributed by atoms with Crippen LogP contribution in [0.1, 0.15) is 17.3 Å². The molecule has 0 aliphatic rings. The van der Waals surface area contributed by atoms with E-state index in [0.29, 0.717) is 16.3 Å². The molecular weight excluding hydrogens is 262 g/mol. The Balaban J connectivity index is 2.25. The molecule has 0 spiro atoms. The zero-order chi connectivity index (χ0) is 13.7. The summed E-state index contributed by atoms with van der Waals surface area (Å²) in [5.74, 6) is -0.216. The summed E-state index contributed by atoms with van der Waals surface area (Å²) in [5, 5.41) is 6.45. The first-order valence-corrected chi connectivity index (χ1v) is 6.33. The molecule has 1 amide bonds. The van der Waals surface area contributed by atoms with Crippen LogP contribution in [0.3, 0.4) is 0 Å². The van der Waals surface area contributed by atoms with Gasteiger partial charge in [0.05, 0.1) is 17.4 Å². The van der Waals surface area contributed by atoms with Gasteiger partial charge < -0.3 is 10.6 Å². The first-order valence-electron chi connectivity index (χ1n) is 5.95. The van der Waals surface area contributed by atoms with Gasteiger partial charge in [0.2, 0.25) is 0 Å². The molecule has 5 heteroatoms. The fourth-order valence-electron chi connectivity index (χ4n) is 1.68. The summed E-state index contributed by atoms with van der Waals surface area (Å²) in [6.07, 6.45) is 3.24. The van der Waals surface area contributed by atoms with E-state index in [-0.39, 0.29) is 5.91 Å². The lowest BCUT2D eigenvalue weighted by molar-refractivity contribution is 0.102. The van der Waals surface area contributed by atoms with Gasteiger partial charge in [-0.15, -0.1) is 0 Å². The molecule has 2 N–H and O–H groups in total. The van der Waals surface area contributed by atoms with E-state index in [1.807, 2.05) is 6.92 Å². The summed E-state index contributed by atoms with van der Waals surface area (Å²) < 4.78 is 0. The number of hydrogen-bond donors (Lipinski definition) is 2. The molecule has 1 aromatic heterocycles. The van der Waals surface area contributed by atoms with Crippen LogP contribution in [-0.2, 0) is 0 Å². The van der Waals surface area contributed by atoms with E-state index in [9.17, 15) is 4.79 Å². The van der Waals surface area contributed by atoms with Crippen molar-refractivity contribution in [1.82, 2.24) is 4.98 Å². The fourth-order valence-corrected chi connectivity index (χ4v) is 1.86. The number of nitrogens with zero attached hydrogens (tertiary/aromatic N) is 1. The predicted molar refractivity (Wildman–Crippen MR) is 77.8 cm³/mol. The zero-order valence-electron chi connectivity index (χ0n) is 10.5. The highest BCUT2D eigenvalue weighted by atomic mass is 35.5. The molecular formula is C14H14ClN3O. The van der Waals surface area contributed by atoms with E-state index in [1.165, 1.54) is 0 Å². The van der Waals surface area contributed by atoms with Gasteiger partial charge in [-0.2, -0.15) is 0 Å². The monoisotopic (exact) mass is 275 g/mol. The van der Waals surface area contributed by atoms with E-state index in [2.05, 4.69) is 15.6 Å². The lowest BCUT2D eigenvalue weighted by Gasteiger charge is -2.11. The van der Waals surface area contributed by atoms with Crippen LogP contribution in [0.2, 0.25) is 5.02 Å². The maximum absolute atomic E-state index is 12.2. The quantitative estimate of drug-likeness (QED) is 0.899. The van der Waals surface area contributed by atoms with Crippen LogP contribution in [0.4, 0.5) is 11.4 Å². The van der Waals surface area contributed by atoms with Crippen molar-refractivity contribution in [1.29, 1.82) is 0 Å². The Morgan fingerprint density at radius 2 is 2.21 bits per heavy atom. The van der Waals surface area contributed by atoms with Crippen molar-refractivity contribution in [3.8, 4) is 0 Å². The molecule has 2 aromatic rings. The average molecular weight is 276 g/mol. The maximum Gasteiger partial charge on any atom is 0.257 e. The van der Waals surface area contributed by atoms with Gasteiger partial charge in [-0.1, -0.05) is 11.6 Å². The van der Waals surface area contributed by atoms with Crippen LogP contribution in [0.25, 0.3) is 0 Å². The summed E-state index contributed by atoms with van der Waals surface area (Å²) in [6.45, 7) is 2.70. The molecule has 0 atom stereocenters. The number of rotatable bonds is 4. The van der Waals surface area contributed by atoms with Crippen LogP contribution in [-0.4, -0.2) is 17.4 Å². The van der Waals surface area contributed by atoms with Crippen LogP contribution < -0.4 is 10.6 Å². The summed E-state index contributed by atoms with van der Waals surface area (Å²) in [5.41, 5.74) is 1.92. The summed E-state index contributed by atoms with van der Waals surface area (Å²) in [4.78, 5) is 16.2. The minimum Gasteiger partial charge on any atom is -0.385 e. The number of aromatic nitrogens is 1. The Hall–Kier alpha value is -2.07. The van der Waals surface area contributed by atoms with Crippen LogP contribution in [0.5, 0.6) is 0 Å². The Labute approximate surface area is 116 Å². The van der Waals surface area contributed by atoms with Gasteiger partial charge in [0.15, 0.2) is 0 Å². The number of hydrogen-bond acceptors (Lipinski definition) is 3. The second kappa shape index (κ2) is 6.20. The van der Waals surface area contributed by atoms with E-state index in [4.69, 9.17) is 11.6 Å². The minimum atomic E-state index is -0.216. The molecule has 0 saturated carbocycles. The van der Waals surface area contributed by atoms with Crippen LogP contribution >= 0.6 is 11.6 Å². The standard InChI is InChI=1S/C14H14ClN3O/c1-2-17-13-6-5-10(15)8-12(13)14(19)18-11-4-3-7-16-9-11/h3-9,17H,2H2,1H3,(H,18,19). The number of anilines is 2. The predicted octanol–water partition coefficient (Wildman–Crippen LogP) is 3.42. The molecule has 1 heterocycles. The first-order chi connectivity index (χ1) is 9.20. The van der Waals surface area contributed by atoms with Crippen molar-refractivity contribution in [2.24, 2.45) is 0 Å². The average Bonchev–Trinajstić information content (AvgIpc) is 2.42. The van der Waals surface area contributed by atoms with Crippen molar-refractivity contribution >= 4 is 28.9 Å². The molecule has 19 heavy (non-hydrogen) atoms. The highest BCUT2D eigenvalue weighted by Crippen LogP contribution is 2.21. The largest absolute Gasteiger partial charge is 0.385 e. The highest BCUT2D eigenvalue weighted by Gasteiger charge is 2.12. The third kappa shape index (κ3) is 3.45. The number of benzene rings is 1. The topological polar surface area (TPSA) is 54.0 Å². The van der Waals surface area contributed by atoms with Gasteiger partial charge in [-0.05, 0) is 37.3 Å². The third-order valence-electron chi connectivity index (χ3n) is 2.51. The van der Waals surface area contributed by atoms with Crippen molar-refractivity contribution in [3.05, 3.63) is 53.3 Å². The van der Waals surface area contributed by atoms with Crippen LogP contribution in [0.15, 0.2) is 42.7 Å². The number of halogens is 1. The number of carbonyl (C=O) groups excluding carboxylic acids is 1. The Morgan fingerprint density at radius 1 is 1.37 bits per heavy atom. The SMILES string of the molecule is CCNc1ccc(Cl)cc1C(=O)Nc1cccnc1. The molecule has 0 aliphatic heterocycles. The lowest BCUT2D eigenvalue weighted by atomic mass is 10.1. The van der Waals surface area contributed by atoms with Gasteiger partial charge in [0, 0.05) is 23.5 Å². The zero-order valence-corrected chi connectivity index (χ0v) is 11.2. The van der Waals surface area contributed by atoms with Gasteiger partial charge in [-0.3, -0.25) is 9.78 Å². The van der Waals surface area contributed by atoms with Crippen LogP contribution in [0, 0.1) is 0 Å². The molecule has 0 bridgehead atoms. The van der Waals surface area contributed by atoms with E-state index >= 15 is 0 Å². The van der Waals surface area contributed by atoms with E-state index < -0.39 is 0 Å². The molecule has 0 saturated heterocycles. The van der Waals surface area contributed by atoms with Gasteiger partial charge in [-0.25, -0.2) is 0 Å². The van der Waals surface area contributed by atoms with Gasteiger partial charge in [0.1, 0.15) is 0 Å². The molecule has 0 radical (unpaired) electrons. The first kappa shape index (κ1) is 13.4. The van der Waals surface area contributed by atoms with Crippen molar-refractivity contribution < 1.29 is 4.79 Å². The maximum atomic E-state index is 12.2. The summed E-state index contributed by atoms with van der Waals surface area (Å²) in [6, 6.07) is 8.73. The molecule has 2 rings (SSSR count). The molecule has 4 nitrogen and oxygen atoms in total. The third-order valence-corrected chi connectivity index (χ3v) is 2.75. The molecule has 0 unspecified atom stereocenters. The minimum absolute atomic E-state index is 0.216. The number of pyridine rings is 1. The van der Waals surface area contributed by atoms with Gasteiger partial charge >= 0.3 is 0 Å². The Morgan fingerprint density at radius 3 is 2.89 bits per heavy atom. The van der Waals surface area contributed by atoms with E-state index in [0.717, 1.165) is 12.2 Å². The number of carbonyl (C=O) groups is 1. The fraction of sp³-hybridized carbons (Fsp3) is 0.143. The highest BCUT2D eigenvalue weighted by molar-refractivity contribution is 6.31. The molecule has 1 aromatic carbocycles. The lowest BCUT2D eigenvalue weighted by Crippen LogP contribution is -2.15. The van der Waals surface area contributed by atoms with Crippen molar-refractivity contribution in [2.45, 2.75) is 6.92 Å². The molecule has 0 aliphatic carbocycles. The summed E-state index contributed by atoms with van der Waals surface area (Å²) >= 11 is 5.94.